The molecule has 1 aliphatic heterocycles. The minimum atomic E-state index is -0.500. The lowest BCUT2D eigenvalue weighted by molar-refractivity contribution is -0.125. The number of nitrogens with zero attached hydrogens (tertiary/aromatic N) is 2. The first-order valence-corrected chi connectivity index (χ1v) is 9.12. The second kappa shape index (κ2) is 7.23. The zero-order chi connectivity index (χ0) is 18.0. The maximum absolute atomic E-state index is 12.8. The number of benzene rings is 1. The molecule has 1 aromatic carbocycles. The molecule has 2 amide bonds. The van der Waals surface area contributed by atoms with E-state index in [4.69, 9.17) is 28.5 Å². The van der Waals surface area contributed by atoms with Crippen LogP contribution < -0.4 is 5.32 Å². The highest BCUT2D eigenvalue weighted by Gasteiger charge is 2.43. The van der Waals surface area contributed by atoms with Gasteiger partial charge in [0.15, 0.2) is 0 Å². The Hall–Kier alpha value is -1.77. The molecule has 0 spiro atoms. The van der Waals surface area contributed by atoms with Crippen molar-refractivity contribution in [3.8, 4) is 6.07 Å². The Labute approximate surface area is 156 Å². The smallest absolute Gasteiger partial charge is 0.256 e. The molecule has 0 unspecified atom stereocenters. The van der Waals surface area contributed by atoms with Gasteiger partial charge in [0.05, 0.1) is 16.7 Å². The fourth-order valence-electron chi connectivity index (χ4n) is 3.25. The predicted octanol–water partition coefficient (Wildman–Crippen LogP) is 3.41. The minimum absolute atomic E-state index is 0.0614. The van der Waals surface area contributed by atoms with Gasteiger partial charge in [-0.05, 0) is 43.9 Å². The Morgan fingerprint density at radius 1 is 1.36 bits per heavy atom. The topological polar surface area (TPSA) is 73.2 Å². The second-order valence-electron chi connectivity index (χ2n) is 6.83. The molecule has 0 bridgehead atoms. The van der Waals surface area contributed by atoms with Crippen molar-refractivity contribution < 1.29 is 9.59 Å². The standard InChI is InChI=1S/C18H19Cl2N3O2/c19-12-3-4-14(20)13(10-12)17(25)23-9-1-2-15(23)16(24)22-11-18(5-6-18)7-8-21/h3-4,10,15H,1-2,5-7,9,11H2,(H,22,24)/t15-/m0/s1. The summed E-state index contributed by atoms with van der Waals surface area (Å²) in [4.78, 5) is 27.0. The molecule has 1 atom stereocenters. The molecule has 1 saturated carbocycles. The average Bonchev–Trinajstić information content (AvgIpc) is 3.18. The van der Waals surface area contributed by atoms with Crippen molar-refractivity contribution in [2.75, 3.05) is 13.1 Å². The molecule has 2 aliphatic rings. The maximum Gasteiger partial charge on any atom is 0.256 e. The summed E-state index contributed by atoms with van der Waals surface area (Å²) in [6.45, 7) is 1.01. The van der Waals surface area contributed by atoms with Crippen molar-refractivity contribution >= 4 is 35.0 Å². The zero-order valence-corrected chi connectivity index (χ0v) is 15.2. The van der Waals surface area contributed by atoms with Crippen LogP contribution in [0.3, 0.4) is 0 Å². The molecule has 25 heavy (non-hydrogen) atoms. The molecule has 7 heteroatoms. The van der Waals surface area contributed by atoms with Crippen LogP contribution in [0.4, 0.5) is 0 Å². The Kier molecular flexibility index (Phi) is 5.21. The molecule has 0 aromatic heterocycles. The molecule has 1 N–H and O–H groups in total. The second-order valence-corrected chi connectivity index (χ2v) is 7.68. The van der Waals surface area contributed by atoms with E-state index in [-0.39, 0.29) is 17.2 Å². The summed E-state index contributed by atoms with van der Waals surface area (Å²) >= 11 is 12.1. The predicted molar refractivity (Wildman–Crippen MR) is 95.4 cm³/mol. The number of halogens is 2. The van der Waals surface area contributed by atoms with E-state index in [1.807, 2.05) is 0 Å². The summed E-state index contributed by atoms with van der Waals surface area (Å²) in [5.74, 6) is -0.434. The van der Waals surface area contributed by atoms with Crippen LogP contribution in [0.15, 0.2) is 18.2 Å². The first kappa shape index (κ1) is 18.0. The van der Waals surface area contributed by atoms with Crippen LogP contribution >= 0.6 is 23.2 Å². The van der Waals surface area contributed by atoms with E-state index in [2.05, 4.69) is 11.4 Å². The molecule has 0 radical (unpaired) electrons. The van der Waals surface area contributed by atoms with Gasteiger partial charge >= 0.3 is 0 Å². The molecule has 1 aliphatic carbocycles. The van der Waals surface area contributed by atoms with Gasteiger partial charge in [-0.25, -0.2) is 0 Å². The Bertz CT molecular complexity index is 740. The van der Waals surface area contributed by atoms with Crippen LogP contribution in [0.25, 0.3) is 0 Å². The highest BCUT2D eigenvalue weighted by Crippen LogP contribution is 2.47. The normalized spacial score (nSPS) is 20.8. The Balaban J connectivity index is 1.67. The molecule has 1 heterocycles. The lowest BCUT2D eigenvalue weighted by Gasteiger charge is -2.25. The number of rotatable bonds is 5. The van der Waals surface area contributed by atoms with Crippen LogP contribution in [0.2, 0.25) is 10.0 Å². The number of carbonyl (C=O) groups is 2. The van der Waals surface area contributed by atoms with Gasteiger partial charge in [-0.3, -0.25) is 9.59 Å². The van der Waals surface area contributed by atoms with Gasteiger partial charge < -0.3 is 10.2 Å². The molecule has 1 aromatic rings. The number of carbonyl (C=O) groups excluding carboxylic acids is 2. The number of hydrogen-bond acceptors (Lipinski definition) is 3. The molecule has 1 saturated heterocycles. The summed E-state index contributed by atoms with van der Waals surface area (Å²) in [6.07, 6.45) is 3.78. The van der Waals surface area contributed by atoms with Crippen molar-refractivity contribution in [3.05, 3.63) is 33.8 Å². The minimum Gasteiger partial charge on any atom is -0.354 e. The van der Waals surface area contributed by atoms with Gasteiger partial charge in [-0.2, -0.15) is 5.26 Å². The van der Waals surface area contributed by atoms with Crippen molar-refractivity contribution in [1.29, 1.82) is 5.26 Å². The van der Waals surface area contributed by atoms with Gasteiger partial charge in [-0.15, -0.1) is 0 Å². The third-order valence-corrected chi connectivity index (χ3v) is 5.59. The first-order chi connectivity index (χ1) is 12.0. The monoisotopic (exact) mass is 379 g/mol. The highest BCUT2D eigenvalue weighted by atomic mass is 35.5. The van der Waals surface area contributed by atoms with E-state index in [0.29, 0.717) is 41.5 Å². The van der Waals surface area contributed by atoms with Crippen LogP contribution in [-0.4, -0.2) is 35.8 Å². The summed E-state index contributed by atoms with van der Waals surface area (Å²) < 4.78 is 0. The van der Waals surface area contributed by atoms with Gasteiger partial charge in [0.1, 0.15) is 6.04 Å². The highest BCUT2D eigenvalue weighted by molar-refractivity contribution is 6.35. The summed E-state index contributed by atoms with van der Waals surface area (Å²) in [5.41, 5.74) is 0.255. The molecule has 5 nitrogen and oxygen atoms in total. The fourth-order valence-corrected chi connectivity index (χ4v) is 3.62. The summed E-state index contributed by atoms with van der Waals surface area (Å²) in [6, 6.07) is 6.42. The molecule has 132 valence electrons. The quantitative estimate of drug-likeness (QED) is 0.851. The lowest BCUT2D eigenvalue weighted by Crippen LogP contribution is -2.47. The van der Waals surface area contributed by atoms with E-state index in [9.17, 15) is 9.59 Å². The SMILES string of the molecule is N#CCC1(CNC(=O)[C@@H]2CCCN2C(=O)c2cc(Cl)ccc2Cl)CC1. The first-order valence-electron chi connectivity index (χ1n) is 8.36. The number of likely N-dealkylation sites (tertiary alicyclic amines) is 1. The van der Waals surface area contributed by atoms with E-state index < -0.39 is 6.04 Å². The van der Waals surface area contributed by atoms with Gasteiger partial charge in [0, 0.05) is 29.9 Å². The Morgan fingerprint density at radius 2 is 2.12 bits per heavy atom. The van der Waals surface area contributed by atoms with Gasteiger partial charge in [0.25, 0.3) is 5.91 Å². The molecule has 3 rings (SSSR count). The lowest BCUT2D eigenvalue weighted by atomic mass is 10.0. The largest absolute Gasteiger partial charge is 0.354 e. The van der Waals surface area contributed by atoms with Crippen LogP contribution in [-0.2, 0) is 4.79 Å². The van der Waals surface area contributed by atoms with Crippen molar-refractivity contribution in [1.82, 2.24) is 10.2 Å². The number of hydrogen-bond donors (Lipinski definition) is 1. The fraction of sp³-hybridized carbons (Fsp3) is 0.500. The van der Waals surface area contributed by atoms with Gasteiger partial charge in [0.2, 0.25) is 5.91 Å². The summed E-state index contributed by atoms with van der Waals surface area (Å²) in [7, 11) is 0. The van der Waals surface area contributed by atoms with Crippen molar-refractivity contribution in [2.24, 2.45) is 5.41 Å². The summed E-state index contributed by atoms with van der Waals surface area (Å²) in [5, 5.41) is 12.6. The number of amides is 2. The third kappa shape index (κ3) is 3.91. The third-order valence-electron chi connectivity index (χ3n) is 5.02. The number of nitriles is 1. The van der Waals surface area contributed by atoms with E-state index in [1.54, 1.807) is 17.0 Å². The Morgan fingerprint density at radius 3 is 2.80 bits per heavy atom. The molecule has 2 fully saturated rings. The molecular weight excluding hydrogens is 361 g/mol. The van der Waals surface area contributed by atoms with Gasteiger partial charge in [-0.1, -0.05) is 23.2 Å². The van der Waals surface area contributed by atoms with E-state index >= 15 is 0 Å². The van der Waals surface area contributed by atoms with Crippen LogP contribution in [0, 0.1) is 16.7 Å². The van der Waals surface area contributed by atoms with Crippen LogP contribution in [0.5, 0.6) is 0 Å². The average molecular weight is 380 g/mol. The zero-order valence-electron chi connectivity index (χ0n) is 13.7. The van der Waals surface area contributed by atoms with E-state index in [1.165, 1.54) is 6.07 Å². The van der Waals surface area contributed by atoms with Crippen molar-refractivity contribution in [2.45, 2.75) is 38.1 Å². The number of nitrogens with one attached hydrogen (secondary N) is 1. The maximum atomic E-state index is 12.8. The van der Waals surface area contributed by atoms with Crippen molar-refractivity contribution in [3.63, 3.8) is 0 Å². The van der Waals surface area contributed by atoms with Crippen LogP contribution in [0.1, 0.15) is 42.5 Å². The van der Waals surface area contributed by atoms with E-state index in [0.717, 1.165) is 19.3 Å². The molecular formula is C18H19Cl2N3O2.